The van der Waals surface area contributed by atoms with E-state index in [1.165, 1.54) is 19.2 Å². The van der Waals surface area contributed by atoms with E-state index in [1.54, 1.807) is 41.8 Å². The minimum absolute atomic E-state index is 0.0535. The molecule has 232 valence electrons. The van der Waals surface area contributed by atoms with Gasteiger partial charge in [0.25, 0.3) is 0 Å². The molecule has 44 heavy (non-hydrogen) atoms. The Morgan fingerprint density at radius 3 is 2.68 bits per heavy atom. The fourth-order valence-corrected chi connectivity index (χ4v) is 6.45. The van der Waals surface area contributed by atoms with E-state index in [4.69, 9.17) is 19.0 Å². The number of anilines is 1. The van der Waals surface area contributed by atoms with Crippen molar-refractivity contribution >= 4 is 22.4 Å². The van der Waals surface area contributed by atoms with Gasteiger partial charge in [0, 0.05) is 46.8 Å². The summed E-state index contributed by atoms with van der Waals surface area (Å²) in [5, 5.41) is 7.07. The first-order valence-corrected chi connectivity index (χ1v) is 15.3. The standard InChI is InChI=1S/C31H31F3N4O5S/c1-3-20-14-21(12-13-38(20)30-36-25(17-44-30)19-10-11-24(35-15-19)29(39)40-2)41-16-23-27(37-43-28(23)18-8-9-18)22-6-4-5-7-26(22)42-31(32,33)34/h4-7,10-11,15,17-18,20-21H,3,8-9,12-14,16H2,1-2H3/t20-,21-/m1/s1. The number of pyridine rings is 1. The van der Waals surface area contributed by atoms with Gasteiger partial charge >= 0.3 is 12.3 Å². The van der Waals surface area contributed by atoms with E-state index >= 15 is 0 Å². The number of hydrogen-bond acceptors (Lipinski definition) is 10. The third-order valence-electron chi connectivity index (χ3n) is 7.93. The average Bonchev–Trinajstić information content (AvgIpc) is 3.59. The van der Waals surface area contributed by atoms with Crippen LogP contribution in [0.2, 0.25) is 0 Å². The molecule has 9 nitrogen and oxygen atoms in total. The van der Waals surface area contributed by atoms with Gasteiger partial charge < -0.3 is 23.6 Å². The number of halogens is 3. The number of ether oxygens (including phenoxy) is 3. The Labute approximate surface area is 256 Å². The van der Waals surface area contributed by atoms with E-state index in [-0.39, 0.29) is 41.7 Å². The Kier molecular flexibility index (Phi) is 8.59. The van der Waals surface area contributed by atoms with Crippen LogP contribution in [0.5, 0.6) is 5.75 Å². The SMILES string of the molecule is CC[C@@H]1C[C@H](OCc2c(-c3ccccc3OC(F)(F)F)noc2C2CC2)CCN1c1nc(-c2ccc(C(=O)OC)nc2)cs1. The number of carbonyl (C=O) groups is 1. The molecule has 4 aromatic rings. The van der Waals surface area contributed by atoms with Gasteiger partial charge in [-0.3, -0.25) is 0 Å². The molecule has 0 radical (unpaired) electrons. The summed E-state index contributed by atoms with van der Waals surface area (Å²) in [5.74, 6) is 0.0578. The molecule has 0 unspecified atom stereocenters. The maximum absolute atomic E-state index is 13.1. The Morgan fingerprint density at radius 2 is 1.98 bits per heavy atom. The van der Waals surface area contributed by atoms with Crippen molar-refractivity contribution in [1.29, 1.82) is 0 Å². The van der Waals surface area contributed by atoms with Gasteiger partial charge in [0.15, 0.2) is 5.13 Å². The second kappa shape index (κ2) is 12.6. The molecule has 3 aromatic heterocycles. The van der Waals surface area contributed by atoms with Gasteiger partial charge in [-0.1, -0.05) is 24.2 Å². The Bertz CT molecular complexity index is 1600. The van der Waals surface area contributed by atoms with Crippen LogP contribution < -0.4 is 9.64 Å². The molecule has 0 N–H and O–H groups in total. The number of benzene rings is 1. The molecule has 4 heterocycles. The highest BCUT2D eigenvalue weighted by molar-refractivity contribution is 7.14. The lowest BCUT2D eigenvalue weighted by atomic mass is 9.97. The van der Waals surface area contributed by atoms with Crippen LogP contribution in [-0.4, -0.2) is 53.3 Å². The van der Waals surface area contributed by atoms with E-state index in [1.807, 2.05) is 5.38 Å². The number of piperidine rings is 1. The molecule has 1 aliphatic heterocycles. The largest absolute Gasteiger partial charge is 0.573 e. The normalized spacial score (nSPS) is 18.8. The van der Waals surface area contributed by atoms with E-state index in [0.29, 0.717) is 17.0 Å². The van der Waals surface area contributed by atoms with Crippen molar-refractivity contribution in [1.82, 2.24) is 15.1 Å². The maximum Gasteiger partial charge on any atom is 0.573 e. The Balaban J connectivity index is 1.14. The van der Waals surface area contributed by atoms with E-state index < -0.39 is 12.3 Å². The van der Waals surface area contributed by atoms with Crippen LogP contribution in [0.1, 0.15) is 66.8 Å². The van der Waals surface area contributed by atoms with E-state index in [2.05, 4.69) is 26.7 Å². The average molecular weight is 629 g/mol. The number of para-hydroxylation sites is 1. The maximum atomic E-state index is 13.1. The van der Waals surface area contributed by atoms with Gasteiger partial charge in [-0.15, -0.1) is 24.5 Å². The number of rotatable bonds is 10. The van der Waals surface area contributed by atoms with Gasteiger partial charge in [-0.25, -0.2) is 14.8 Å². The number of carbonyl (C=O) groups excluding carboxylic acids is 1. The zero-order chi connectivity index (χ0) is 30.8. The van der Waals surface area contributed by atoms with Crippen molar-refractivity contribution in [2.75, 3.05) is 18.6 Å². The summed E-state index contributed by atoms with van der Waals surface area (Å²) in [6.07, 6.45) is 1.04. The minimum Gasteiger partial charge on any atom is -0.464 e. The van der Waals surface area contributed by atoms with Crippen LogP contribution in [0.15, 0.2) is 52.5 Å². The zero-order valence-corrected chi connectivity index (χ0v) is 25.0. The fourth-order valence-electron chi connectivity index (χ4n) is 5.52. The number of thiazole rings is 1. The van der Waals surface area contributed by atoms with Crippen molar-refractivity contribution in [2.45, 2.75) is 70.1 Å². The molecular weight excluding hydrogens is 597 g/mol. The number of esters is 1. The first kappa shape index (κ1) is 30.1. The summed E-state index contributed by atoms with van der Waals surface area (Å²) in [7, 11) is 1.32. The van der Waals surface area contributed by atoms with Crippen LogP contribution in [-0.2, 0) is 16.1 Å². The zero-order valence-electron chi connectivity index (χ0n) is 24.2. The van der Waals surface area contributed by atoms with Gasteiger partial charge in [0.05, 0.1) is 25.5 Å². The predicted molar refractivity (Wildman–Crippen MR) is 157 cm³/mol. The molecule has 2 aliphatic rings. The summed E-state index contributed by atoms with van der Waals surface area (Å²) in [6, 6.07) is 9.58. The van der Waals surface area contributed by atoms with Gasteiger partial charge in [0.1, 0.15) is 22.9 Å². The highest BCUT2D eigenvalue weighted by Gasteiger charge is 2.37. The van der Waals surface area contributed by atoms with Crippen LogP contribution in [0.3, 0.4) is 0 Å². The summed E-state index contributed by atoms with van der Waals surface area (Å²) in [5.41, 5.74) is 3.05. The second-order valence-electron chi connectivity index (χ2n) is 10.8. The second-order valence-corrected chi connectivity index (χ2v) is 11.7. The summed E-state index contributed by atoms with van der Waals surface area (Å²) in [6.45, 7) is 3.05. The molecule has 1 saturated carbocycles. The molecule has 0 spiro atoms. The lowest BCUT2D eigenvalue weighted by Crippen LogP contribution is -2.44. The summed E-state index contributed by atoms with van der Waals surface area (Å²) < 4.78 is 60.5. The molecule has 1 aromatic carbocycles. The highest BCUT2D eigenvalue weighted by atomic mass is 32.1. The molecule has 2 atom stereocenters. The Hall–Kier alpha value is -3.97. The van der Waals surface area contributed by atoms with Crippen LogP contribution >= 0.6 is 11.3 Å². The lowest BCUT2D eigenvalue weighted by molar-refractivity contribution is -0.274. The molecule has 1 saturated heterocycles. The monoisotopic (exact) mass is 628 g/mol. The van der Waals surface area contributed by atoms with E-state index in [9.17, 15) is 18.0 Å². The number of hydrogen-bond donors (Lipinski definition) is 0. The number of nitrogens with zero attached hydrogens (tertiary/aromatic N) is 4. The molecule has 6 rings (SSSR count). The van der Waals surface area contributed by atoms with Crippen LogP contribution in [0, 0.1) is 0 Å². The van der Waals surface area contributed by atoms with Gasteiger partial charge in [-0.05, 0) is 56.4 Å². The van der Waals surface area contributed by atoms with E-state index in [0.717, 1.165) is 55.0 Å². The number of alkyl halides is 3. The smallest absolute Gasteiger partial charge is 0.464 e. The highest BCUT2D eigenvalue weighted by Crippen LogP contribution is 2.46. The Morgan fingerprint density at radius 1 is 1.16 bits per heavy atom. The van der Waals surface area contributed by atoms with Crippen LogP contribution in [0.4, 0.5) is 18.3 Å². The molecule has 13 heteroatoms. The molecular formula is C31H31F3N4O5S. The van der Waals surface area contributed by atoms with Crippen molar-refractivity contribution < 1.29 is 36.7 Å². The van der Waals surface area contributed by atoms with Crippen molar-refractivity contribution in [2.24, 2.45) is 0 Å². The summed E-state index contributed by atoms with van der Waals surface area (Å²) >= 11 is 1.56. The number of methoxy groups -OCH3 is 1. The quantitative estimate of drug-likeness (QED) is 0.167. The van der Waals surface area contributed by atoms with Crippen LogP contribution in [0.25, 0.3) is 22.5 Å². The van der Waals surface area contributed by atoms with Crippen molar-refractivity contribution in [3.8, 4) is 28.3 Å². The van der Waals surface area contributed by atoms with Gasteiger partial charge in [-0.2, -0.15) is 0 Å². The first-order chi connectivity index (χ1) is 21.2. The lowest BCUT2D eigenvalue weighted by Gasteiger charge is -2.39. The molecule has 1 aliphatic carbocycles. The molecule has 0 amide bonds. The van der Waals surface area contributed by atoms with Crippen molar-refractivity contribution in [3.63, 3.8) is 0 Å². The van der Waals surface area contributed by atoms with Gasteiger partial charge in [0.2, 0.25) is 0 Å². The fraction of sp³-hybridized carbons (Fsp3) is 0.419. The third-order valence-corrected chi connectivity index (χ3v) is 8.81. The third kappa shape index (κ3) is 6.58. The predicted octanol–water partition coefficient (Wildman–Crippen LogP) is 7.39. The van der Waals surface area contributed by atoms with Crippen molar-refractivity contribution in [3.05, 3.63) is 65.0 Å². The molecule has 2 fully saturated rings. The number of aromatic nitrogens is 3. The topological polar surface area (TPSA) is 99.8 Å². The minimum atomic E-state index is -4.83. The first-order valence-electron chi connectivity index (χ1n) is 14.5. The summed E-state index contributed by atoms with van der Waals surface area (Å²) in [4.78, 5) is 23.1. The molecule has 0 bridgehead atoms.